The van der Waals surface area contributed by atoms with Crippen LogP contribution in [0.25, 0.3) is 0 Å². The normalized spacial score (nSPS) is 21.8. The number of aryl methyl sites for hydroxylation is 1. The molecular formula is C37H46F3N7O7. The lowest BCUT2D eigenvalue weighted by Gasteiger charge is -2.35. The number of halogens is 3. The lowest BCUT2D eigenvalue weighted by atomic mass is 9.84. The molecule has 54 heavy (non-hydrogen) atoms. The van der Waals surface area contributed by atoms with Crippen molar-refractivity contribution in [3.05, 3.63) is 70.8 Å². The van der Waals surface area contributed by atoms with Crippen LogP contribution in [0.3, 0.4) is 0 Å². The first-order valence-electron chi connectivity index (χ1n) is 17.7. The number of likely N-dealkylation sites (tertiary alicyclic amines) is 2. The van der Waals surface area contributed by atoms with Gasteiger partial charge in [0.1, 0.15) is 30.0 Å². The number of carbonyl (C=O) groups excluding carboxylic acids is 5. The number of nitrogens with zero attached hydrogens (tertiary/aromatic N) is 2. The zero-order valence-corrected chi connectivity index (χ0v) is 30.0. The van der Waals surface area contributed by atoms with Crippen molar-refractivity contribution in [2.24, 2.45) is 17.4 Å². The molecule has 0 spiro atoms. The molecule has 0 bridgehead atoms. The number of nitrogens with one attached hydrogen (secondary N) is 3. The molecule has 2 heterocycles. The molecule has 292 valence electrons. The molecule has 8 N–H and O–H groups in total. The number of nitrogens with two attached hydrogens (primary N) is 2. The first-order chi connectivity index (χ1) is 25.4. The van der Waals surface area contributed by atoms with Gasteiger partial charge in [0, 0.05) is 30.1 Å². The highest BCUT2D eigenvalue weighted by Crippen LogP contribution is 2.41. The number of alkyl halides is 3. The summed E-state index contributed by atoms with van der Waals surface area (Å²) in [6.45, 7) is 3.85. The molecule has 17 heteroatoms. The van der Waals surface area contributed by atoms with Crippen LogP contribution in [0, 0.1) is 18.3 Å². The van der Waals surface area contributed by atoms with Gasteiger partial charge in [-0.15, -0.1) is 0 Å². The van der Waals surface area contributed by atoms with Crippen LogP contribution in [0.4, 0.5) is 13.2 Å². The fourth-order valence-corrected chi connectivity index (χ4v) is 7.26. The van der Waals surface area contributed by atoms with Crippen molar-refractivity contribution in [3.8, 4) is 0 Å². The lowest BCUT2D eigenvalue weighted by molar-refractivity contribution is -0.192. The fourth-order valence-electron chi connectivity index (χ4n) is 7.26. The highest BCUT2D eigenvalue weighted by molar-refractivity contribution is 6.01. The number of amidine groups is 1. The van der Waals surface area contributed by atoms with Crippen LogP contribution in [-0.4, -0.2) is 99.2 Å². The van der Waals surface area contributed by atoms with Crippen LogP contribution >= 0.6 is 0 Å². The maximum atomic E-state index is 14.2. The molecule has 1 saturated carbocycles. The first kappa shape index (κ1) is 41.3. The van der Waals surface area contributed by atoms with E-state index in [4.69, 9.17) is 26.8 Å². The van der Waals surface area contributed by atoms with Crippen LogP contribution in [0.2, 0.25) is 0 Å². The molecule has 5 rings (SSSR count). The largest absolute Gasteiger partial charge is 0.490 e. The summed E-state index contributed by atoms with van der Waals surface area (Å²) in [6, 6.07) is 10.6. The van der Waals surface area contributed by atoms with Crippen LogP contribution < -0.4 is 22.1 Å². The quantitative estimate of drug-likeness (QED) is 0.155. The Morgan fingerprint density at radius 1 is 0.889 bits per heavy atom. The number of amides is 5. The Bertz CT molecular complexity index is 1740. The van der Waals surface area contributed by atoms with E-state index in [1.807, 2.05) is 31.2 Å². The van der Waals surface area contributed by atoms with Gasteiger partial charge in [-0.05, 0) is 69.6 Å². The Balaban J connectivity index is 0.000000845. The summed E-state index contributed by atoms with van der Waals surface area (Å²) in [5.41, 5.74) is 14.0. The van der Waals surface area contributed by atoms with Gasteiger partial charge in [-0.2, -0.15) is 13.2 Å². The molecule has 2 aliphatic heterocycles. The SMILES string of the molecule is Cc1ccc(C[C@H](NC(=O)[C@@H](C)NC(=O)[C@@H]2CCCN2C(=O)[C@@H]2C[C@@H]3CCCC[C@@H]3N2C(=O)c2ccc(C(=N)N)cc2)C(N)=O)cc1.O=C(O)C(F)(F)F. The lowest BCUT2D eigenvalue weighted by Crippen LogP contribution is -2.57. The highest BCUT2D eigenvalue weighted by Gasteiger charge is 2.50. The van der Waals surface area contributed by atoms with E-state index in [-0.39, 0.29) is 36.0 Å². The number of nitrogen functional groups attached to an aromatic ring is 1. The van der Waals surface area contributed by atoms with Gasteiger partial charge in [0.2, 0.25) is 23.6 Å². The standard InChI is InChI=1S/C35H45N7O5.C2HF3O2/c1-20-9-11-22(12-10-20)18-26(31(38)43)40-32(44)21(2)39-33(45)28-8-5-17-41(28)35(47)29-19-25-6-3-4-7-27(25)42(29)34(46)24-15-13-23(14-16-24)30(36)37;3-2(4,5)1(6)7/h9-16,21,25-29H,3-8,17-19H2,1-2H3,(H3,36,37)(H2,38,43)(H,39,45)(H,40,44);(H,6,7)/t21-,25+,26+,27+,28+,29+;/m1./s1. The van der Waals surface area contributed by atoms with Gasteiger partial charge in [0.15, 0.2) is 0 Å². The van der Waals surface area contributed by atoms with Crippen molar-refractivity contribution < 1.29 is 47.0 Å². The number of hydrogen-bond donors (Lipinski definition) is 6. The van der Waals surface area contributed by atoms with E-state index in [1.165, 1.54) is 6.92 Å². The third-order valence-electron chi connectivity index (χ3n) is 10.1. The summed E-state index contributed by atoms with van der Waals surface area (Å²) in [4.78, 5) is 79.0. The molecule has 2 saturated heterocycles. The zero-order chi connectivity index (χ0) is 39.9. The van der Waals surface area contributed by atoms with Gasteiger partial charge < -0.3 is 37.0 Å². The number of fused-ring (bicyclic) bond motifs is 1. The van der Waals surface area contributed by atoms with E-state index in [0.717, 1.165) is 36.8 Å². The number of rotatable bonds is 10. The van der Waals surface area contributed by atoms with E-state index in [2.05, 4.69) is 10.6 Å². The second kappa shape index (κ2) is 17.6. The minimum Gasteiger partial charge on any atom is -0.475 e. The topological polar surface area (TPSA) is 229 Å². The predicted molar refractivity (Wildman–Crippen MR) is 190 cm³/mol. The van der Waals surface area contributed by atoms with Gasteiger partial charge in [-0.25, -0.2) is 4.79 Å². The second-order valence-corrected chi connectivity index (χ2v) is 13.9. The summed E-state index contributed by atoms with van der Waals surface area (Å²) in [5, 5.41) is 20.2. The summed E-state index contributed by atoms with van der Waals surface area (Å²) in [7, 11) is 0. The monoisotopic (exact) mass is 757 g/mol. The van der Waals surface area contributed by atoms with Gasteiger partial charge in [0.05, 0.1) is 0 Å². The Kier molecular flexibility index (Phi) is 13.4. The molecule has 0 unspecified atom stereocenters. The molecule has 3 aliphatic rings. The summed E-state index contributed by atoms with van der Waals surface area (Å²) >= 11 is 0. The molecule has 1 aliphatic carbocycles. The molecule has 5 amide bonds. The number of benzene rings is 2. The maximum Gasteiger partial charge on any atom is 0.490 e. The van der Waals surface area contributed by atoms with Crippen molar-refractivity contribution in [3.63, 3.8) is 0 Å². The van der Waals surface area contributed by atoms with Crippen molar-refractivity contribution in [1.29, 1.82) is 5.41 Å². The van der Waals surface area contributed by atoms with E-state index >= 15 is 0 Å². The number of primary amides is 1. The minimum atomic E-state index is -5.08. The number of hydrogen-bond acceptors (Lipinski definition) is 7. The van der Waals surface area contributed by atoms with Crippen LogP contribution in [0.15, 0.2) is 48.5 Å². The second-order valence-electron chi connectivity index (χ2n) is 13.9. The molecule has 2 aromatic rings. The summed E-state index contributed by atoms with van der Waals surface area (Å²) in [6.07, 6.45) is 0.506. The van der Waals surface area contributed by atoms with Gasteiger partial charge in [-0.3, -0.25) is 29.4 Å². The summed E-state index contributed by atoms with van der Waals surface area (Å²) in [5.74, 6) is -4.84. The number of carbonyl (C=O) groups is 6. The molecule has 6 atom stereocenters. The average Bonchev–Trinajstić information content (AvgIpc) is 3.77. The molecule has 0 aromatic heterocycles. The Morgan fingerprint density at radius 2 is 1.48 bits per heavy atom. The Hall–Kier alpha value is -5.48. The molecule has 2 aromatic carbocycles. The van der Waals surface area contributed by atoms with Crippen LogP contribution in [0.5, 0.6) is 0 Å². The molecule has 0 radical (unpaired) electrons. The average molecular weight is 758 g/mol. The van der Waals surface area contributed by atoms with Crippen molar-refractivity contribution in [2.45, 2.75) is 102 Å². The number of carboxylic acid groups (broad SMARTS) is 1. The van der Waals surface area contributed by atoms with Gasteiger partial charge >= 0.3 is 12.1 Å². The van der Waals surface area contributed by atoms with Gasteiger partial charge in [-0.1, -0.05) is 54.8 Å². The van der Waals surface area contributed by atoms with Crippen LogP contribution in [0.1, 0.15) is 78.9 Å². The highest BCUT2D eigenvalue weighted by atomic mass is 19.4. The smallest absolute Gasteiger partial charge is 0.475 e. The molecular weight excluding hydrogens is 711 g/mol. The molecule has 14 nitrogen and oxygen atoms in total. The predicted octanol–water partition coefficient (Wildman–Crippen LogP) is 2.39. The Labute approximate surface area is 310 Å². The fraction of sp³-hybridized carbons (Fsp3) is 0.486. The minimum absolute atomic E-state index is 0.0607. The number of aliphatic carboxylic acids is 1. The molecule has 3 fully saturated rings. The summed E-state index contributed by atoms with van der Waals surface area (Å²) < 4.78 is 31.7. The van der Waals surface area contributed by atoms with E-state index in [1.54, 1.807) is 34.1 Å². The van der Waals surface area contributed by atoms with E-state index in [9.17, 15) is 37.1 Å². The van der Waals surface area contributed by atoms with E-state index < -0.39 is 54.0 Å². The maximum absolute atomic E-state index is 14.2. The van der Waals surface area contributed by atoms with Crippen molar-refractivity contribution >= 4 is 41.3 Å². The van der Waals surface area contributed by atoms with Crippen molar-refractivity contribution in [1.82, 2.24) is 20.4 Å². The first-order valence-corrected chi connectivity index (χ1v) is 17.7. The number of carboxylic acids is 1. The van der Waals surface area contributed by atoms with Crippen molar-refractivity contribution in [2.75, 3.05) is 6.54 Å². The van der Waals surface area contributed by atoms with E-state index in [0.29, 0.717) is 36.9 Å². The third kappa shape index (κ3) is 10.1. The Morgan fingerprint density at radius 3 is 2.06 bits per heavy atom. The van der Waals surface area contributed by atoms with Crippen LogP contribution in [-0.2, 0) is 30.4 Å². The van der Waals surface area contributed by atoms with Gasteiger partial charge in [0.25, 0.3) is 5.91 Å². The zero-order valence-electron chi connectivity index (χ0n) is 30.0. The third-order valence-corrected chi connectivity index (χ3v) is 10.1.